The van der Waals surface area contributed by atoms with Crippen molar-refractivity contribution in [3.8, 4) is 0 Å². The quantitative estimate of drug-likeness (QED) is 0.691. The molecule has 0 heterocycles. The smallest absolute Gasteiger partial charge is 0.346 e. The van der Waals surface area contributed by atoms with Gasteiger partial charge in [-0.15, -0.1) is 0 Å². The highest BCUT2D eigenvalue weighted by Gasteiger charge is 2.62. The average molecular weight is 224 g/mol. The molecule has 90 valence electrons. The number of esters is 1. The van der Waals surface area contributed by atoms with Crippen LogP contribution in [-0.4, -0.2) is 19.2 Å². The maximum Gasteiger partial charge on any atom is 0.346 e. The van der Waals surface area contributed by atoms with Gasteiger partial charge >= 0.3 is 5.97 Å². The minimum absolute atomic E-state index is 0.0244. The molecule has 2 radical (unpaired) electrons. The summed E-state index contributed by atoms with van der Waals surface area (Å²) in [4.78, 5) is 11.4. The van der Waals surface area contributed by atoms with Crippen LogP contribution < -0.4 is 0 Å². The third kappa shape index (κ3) is 1.48. The van der Waals surface area contributed by atoms with E-state index in [4.69, 9.17) is 4.74 Å². The summed E-state index contributed by atoms with van der Waals surface area (Å²) in [5.41, 5.74) is 0.383. The van der Waals surface area contributed by atoms with Crippen molar-refractivity contribution in [2.24, 2.45) is 16.7 Å². The Balaban J connectivity index is 2.07. The van der Waals surface area contributed by atoms with Crippen molar-refractivity contribution in [3.05, 3.63) is 6.61 Å². The van der Waals surface area contributed by atoms with Crippen molar-refractivity contribution in [1.29, 1.82) is 0 Å². The molecule has 3 atom stereocenters. The molecule has 0 aromatic carbocycles. The van der Waals surface area contributed by atoms with Crippen molar-refractivity contribution in [2.75, 3.05) is 7.11 Å². The number of hydrogen-bond acceptors (Lipinski definition) is 3. The van der Waals surface area contributed by atoms with Gasteiger partial charge in [0.05, 0.1) is 0 Å². The van der Waals surface area contributed by atoms with E-state index in [1.54, 1.807) is 0 Å². The van der Waals surface area contributed by atoms with E-state index in [9.17, 15) is 4.79 Å². The van der Waals surface area contributed by atoms with Gasteiger partial charge in [-0.05, 0) is 30.6 Å². The zero-order chi connectivity index (χ0) is 12.0. The van der Waals surface area contributed by atoms with Gasteiger partial charge in [0.15, 0.2) is 0 Å². The third-order valence-corrected chi connectivity index (χ3v) is 5.15. The second-order valence-electron chi connectivity index (χ2n) is 5.81. The highest BCUT2D eigenvalue weighted by molar-refractivity contribution is 5.77. The van der Waals surface area contributed by atoms with Crippen molar-refractivity contribution < 1.29 is 14.3 Å². The molecular weight excluding hydrogens is 204 g/mol. The lowest BCUT2D eigenvalue weighted by molar-refractivity contribution is -0.156. The van der Waals surface area contributed by atoms with Crippen molar-refractivity contribution in [1.82, 2.24) is 0 Å². The molecule has 0 amide bonds. The number of rotatable bonds is 3. The lowest BCUT2D eigenvalue weighted by Crippen LogP contribution is -2.38. The standard InChI is InChI=1S/C13H20O3/c1-12(2)9-5-6-13(12,3)10(7-9)16-11(14)8-15-4/h9-10H,5-7H2,1-4H3. The maximum absolute atomic E-state index is 11.4. The molecule has 3 unspecified atom stereocenters. The van der Waals surface area contributed by atoms with Crippen molar-refractivity contribution in [3.63, 3.8) is 0 Å². The van der Waals surface area contributed by atoms with Crippen LogP contribution in [0.5, 0.6) is 0 Å². The minimum atomic E-state index is -0.475. The molecule has 2 aliphatic carbocycles. The monoisotopic (exact) mass is 224 g/mol. The van der Waals surface area contributed by atoms with Gasteiger partial charge in [-0.2, -0.15) is 0 Å². The Kier molecular flexibility index (Phi) is 2.77. The van der Waals surface area contributed by atoms with Crippen LogP contribution in [0.4, 0.5) is 0 Å². The van der Waals surface area contributed by atoms with Crippen LogP contribution in [0.25, 0.3) is 0 Å². The zero-order valence-electron chi connectivity index (χ0n) is 10.5. The highest BCUT2D eigenvalue weighted by Crippen LogP contribution is 2.66. The molecule has 0 aromatic heterocycles. The fraction of sp³-hybridized carbons (Fsp3) is 0.846. The van der Waals surface area contributed by atoms with Gasteiger partial charge in [-0.1, -0.05) is 20.8 Å². The highest BCUT2D eigenvalue weighted by atomic mass is 16.6. The van der Waals surface area contributed by atoms with E-state index in [2.05, 4.69) is 32.1 Å². The van der Waals surface area contributed by atoms with Crippen LogP contribution in [0.1, 0.15) is 40.0 Å². The van der Waals surface area contributed by atoms with Crippen LogP contribution in [0.15, 0.2) is 0 Å². The molecule has 2 fully saturated rings. The first-order chi connectivity index (χ1) is 7.41. The molecule has 3 nitrogen and oxygen atoms in total. The summed E-state index contributed by atoms with van der Waals surface area (Å²) in [6, 6.07) is 0. The molecule has 3 heteroatoms. The molecule has 2 rings (SSSR count). The molecule has 0 spiro atoms. The Bertz CT molecular complexity index is 298. The number of carbonyl (C=O) groups excluding carboxylic acids is 1. The first-order valence-electron chi connectivity index (χ1n) is 5.91. The Morgan fingerprint density at radius 2 is 2.06 bits per heavy atom. The topological polar surface area (TPSA) is 35.5 Å². The van der Waals surface area contributed by atoms with E-state index in [0.29, 0.717) is 5.92 Å². The lowest BCUT2D eigenvalue weighted by atomic mass is 9.70. The van der Waals surface area contributed by atoms with Gasteiger partial charge in [0, 0.05) is 12.5 Å². The van der Waals surface area contributed by atoms with Crippen molar-refractivity contribution in [2.45, 2.75) is 46.1 Å². The van der Waals surface area contributed by atoms with Gasteiger partial charge < -0.3 is 9.47 Å². The third-order valence-electron chi connectivity index (χ3n) is 5.15. The molecule has 2 bridgehead atoms. The predicted molar refractivity (Wildman–Crippen MR) is 59.4 cm³/mol. The molecule has 0 N–H and O–H groups in total. The first kappa shape index (κ1) is 11.9. The maximum atomic E-state index is 11.4. The van der Waals surface area contributed by atoms with Crippen LogP contribution in [0.2, 0.25) is 0 Å². The average Bonchev–Trinajstić information content (AvgIpc) is 2.51. The van der Waals surface area contributed by atoms with Gasteiger partial charge in [0.25, 0.3) is 6.61 Å². The van der Waals surface area contributed by atoms with Crippen LogP contribution in [-0.2, 0) is 14.3 Å². The van der Waals surface area contributed by atoms with E-state index < -0.39 is 5.97 Å². The summed E-state index contributed by atoms with van der Waals surface area (Å²) in [6.45, 7) is 9.04. The largest absolute Gasteiger partial charge is 0.459 e. The predicted octanol–water partition coefficient (Wildman–Crippen LogP) is 2.43. The summed E-state index contributed by atoms with van der Waals surface area (Å²) in [5.74, 6) is 0.204. The second-order valence-corrected chi connectivity index (χ2v) is 5.81. The summed E-state index contributed by atoms with van der Waals surface area (Å²) < 4.78 is 10.0. The summed E-state index contributed by atoms with van der Waals surface area (Å²) in [6.07, 6.45) is 3.42. The minimum Gasteiger partial charge on any atom is -0.459 e. The lowest BCUT2D eigenvalue weighted by Gasteiger charge is -2.38. The Morgan fingerprint density at radius 1 is 1.38 bits per heavy atom. The Morgan fingerprint density at radius 3 is 2.50 bits per heavy atom. The molecule has 2 saturated carbocycles. The Hall–Kier alpha value is -0.570. The van der Waals surface area contributed by atoms with E-state index in [-0.39, 0.29) is 16.9 Å². The molecule has 0 saturated heterocycles. The molecule has 0 aromatic rings. The van der Waals surface area contributed by atoms with E-state index in [1.807, 2.05) is 0 Å². The number of fused-ring (bicyclic) bond motifs is 2. The van der Waals surface area contributed by atoms with E-state index in [0.717, 1.165) is 12.8 Å². The van der Waals surface area contributed by atoms with Crippen molar-refractivity contribution >= 4 is 5.97 Å². The van der Waals surface area contributed by atoms with Gasteiger partial charge in [-0.3, -0.25) is 0 Å². The van der Waals surface area contributed by atoms with Gasteiger partial charge in [-0.25, -0.2) is 4.79 Å². The molecule has 16 heavy (non-hydrogen) atoms. The first-order valence-corrected chi connectivity index (χ1v) is 5.91. The number of hydrogen-bond donors (Lipinski definition) is 0. The SMILES string of the molecule is CO[C]C(=O)OC1CC2CCC1(C)C2(C)C. The Labute approximate surface area is 97.5 Å². The fourth-order valence-electron chi connectivity index (χ4n) is 3.55. The number of methoxy groups -OCH3 is 1. The second kappa shape index (κ2) is 3.73. The molecule has 2 aliphatic rings. The number of carbonyl (C=O) groups is 1. The van der Waals surface area contributed by atoms with Crippen LogP contribution in [0.3, 0.4) is 0 Å². The van der Waals surface area contributed by atoms with Crippen LogP contribution in [0, 0.1) is 23.4 Å². The van der Waals surface area contributed by atoms with E-state index >= 15 is 0 Å². The normalized spacial score (nSPS) is 40.0. The van der Waals surface area contributed by atoms with E-state index in [1.165, 1.54) is 13.5 Å². The van der Waals surface area contributed by atoms with Crippen LogP contribution >= 0.6 is 0 Å². The fourth-order valence-corrected chi connectivity index (χ4v) is 3.55. The zero-order valence-corrected chi connectivity index (χ0v) is 10.5. The van der Waals surface area contributed by atoms with Gasteiger partial charge in [0.2, 0.25) is 0 Å². The molecule has 0 aliphatic heterocycles. The summed E-state index contributed by atoms with van der Waals surface area (Å²) >= 11 is 0. The summed E-state index contributed by atoms with van der Waals surface area (Å²) in [5, 5.41) is 0. The van der Waals surface area contributed by atoms with Gasteiger partial charge in [0.1, 0.15) is 6.10 Å². The number of ether oxygens (including phenoxy) is 2. The summed E-state index contributed by atoms with van der Waals surface area (Å²) in [7, 11) is 1.41. The molecular formula is C13H20O3.